The summed E-state index contributed by atoms with van der Waals surface area (Å²) in [4.78, 5) is 85.1. The lowest BCUT2D eigenvalue weighted by molar-refractivity contribution is -0.135. The van der Waals surface area contributed by atoms with E-state index in [0.29, 0.717) is 12.0 Å². The predicted octanol–water partition coefficient (Wildman–Crippen LogP) is -3.85. The minimum Gasteiger partial charge on any atom is -0.370 e. The van der Waals surface area contributed by atoms with E-state index in [-0.39, 0.29) is 63.0 Å². The monoisotopic (exact) mass is 721 g/mol. The molecule has 0 fully saturated rings. The molecule has 18 N–H and O–H groups in total. The SMILES string of the molecule is CC(C)C[C@H](NC(=O)[C@H](CCCN=C(N)N)NC(=O)[C@@H](N)CCCN=C(N)N)C(=O)N[C@@H](CC(N)=O)C(=O)N[C@@H](Cc1ccc(F)cc1)C(N)=O. The standard InChI is InChI=1S/C31H52FN13O6/c1-16(2)13-22(44-27(49)20(6-4-12-41-31(38)39)42-26(48)19(33)5-3-11-40-30(36)37)28(50)45-23(15-24(34)46)29(51)43-21(25(35)47)14-17-7-9-18(32)10-8-17/h7-10,16,19-23H,3-6,11-15,33H2,1-2H3,(H2,34,46)(H2,35,47)(H,42,48)(H,43,51)(H,44,49)(H,45,50)(H4,36,37,40)(H4,38,39,41)/t19-,20-,21-,22-,23-/m0/s1. The lowest BCUT2D eigenvalue weighted by atomic mass is 10.0. The Morgan fingerprint density at radius 3 is 1.65 bits per heavy atom. The average molecular weight is 722 g/mol. The molecule has 0 aliphatic rings. The van der Waals surface area contributed by atoms with Crippen LogP contribution in [0.25, 0.3) is 0 Å². The van der Waals surface area contributed by atoms with Gasteiger partial charge >= 0.3 is 0 Å². The first kappa shape index (κ1) is 43.5. The van der Waals surface area contributed by atoms with Crippen LogP contribution in [-0.4, -0.2) is 90.7 Å². The summed E-state index contributed by atoms with van der Waals surface area (Å²) in [6.45, 7) is 3.94. The number of nitrogens with one attached hydrogen (secondary N) is 4. The van der Waals surface area contributed by atoms with Crippen LogP contribution >= 0.6 is 0 Å². The van der Waals surface area contributed by atoms with Gasteiger partial charge in [0, 0.05) is 19.5 Å². The maximum absolute atomic E-state index is 13.6. The molecule has 51 heavy (non-hydrogen) atoms. The second kappa shape index (κ2) is 22.2. The Labute approximate surface area is 295 Å². The van der Waals surface area contributed by atoms with Crippen molar-refractivity contribution in [1.82, 2.24) is 21.3 Å². The highest BCUT2D eigenvalue weighted by Gasteiger charge is 2.32. The maximum Gasteiger partial charge on any atom is 0.243 e. The zero-order valence-electron chi connectivity index (χ0n) is 28.9. The molecule has 0 spiro atoms. The van der Waals surface area contributed by atoms with Crippen molar-refractivity contribution in [2.45, 2.75) is 89.0 Å². The number of carbonyl (C=O) groups excluding carboxylic acids is 6. The molecule has 0 bridgehead atoms. The molecule has 19 nitrogen and oxygen atoms in total. The summed E-state index contributed by atoms with van der Waals surface area (Å²) in [5.74, 6) is -6.02. The fraction of sp³-hybridized carbons (Fsp3) is 0.548. The Bertz CT molecular complexity index is 1400. The molecule has 5 atom stereocenters. The van der Waals surface area contributed by atoms with Crippen LogP contribution < -0.4 is 61.4 Å². The van der Waals surface area contributed by atoms with E-state index >= 15 is 0 Å². The van der Waals surface area contributed by atoms with Gasteiger partial charge in [0.25, 0.3) is 0 Å². The summed E-state index contributed by atoms with van der Waals surface area (Å²) >= 11 is 0. The van der Waals surface area contributed by atoms with Crippen LogP contribution in [0.4, 0.5) is 4.39 Å². The molecule has 0 unspecified atom stereocenters. The molecule has 1 aromatic carbocycles. The smallest absolute Gasteiger partial charge is 0.243 e. The molecule has 0 aliphatic carbocycles. The molecule has 1 aromatic rings. The number of halogens is 1. The first-order valence-electron chi connectivity index (χ1n) is 16.3. The first-order valence-corrected chi connectivity index (χ1v) is 16.3. The fourth-order valence-electron chi connectivity index (χ4n) is 4.71. The van der Waals surface area contributed by atoms with Gasteiger partial charge in [0.15, 0.2) is 11.9 Å². The molecule has 0 saturated heterocycles. The van der Waals surface area contributed by atoms with Crippen molar-refractivity contribution in [3.63, 3.8) is 0 Å². The summed E-state index contributed by atoms with van der Waals surface area (Å²) in [5.41, 5.74) is 38.7. The van der Waals surface area contributed by atoms with E-state index in [1.165, 1.54) is 24.3 Å². The van der Waals surface area contributed by atoms with Gasteiger partial charge < -0.3 is 61.4 Å². The van der Waals surface area contributed by atoms with Crippen molar-refractivity contribution in [1.29, 1.82) is 0 Å². The second-order valence-corrected chi connectivity index (χ2v) is 12.3. The van der Waals surface area contributed by atoms with Crippen molar-refractivity contribution in [3.8, 4) is 0 Å². The topological polar surface area (TPSA) is 357 Å². The molecule has 20 heteroatoms. The molecule has 0 saturated carbocycles. The van der Waals surface area contributed by atoms with Gasteiger partial charge in [-0.3, -0.25) is 38.8 Å². The van der Waals surface area contributed by atoms with Crippen molar-refractivity contribution in [2.24, 2.45) is 56.0 Å². The third-order valence-electron chi connectivity index (χ3n) is 7.27. The number of primary amides is 2. The van der Waals surface area contributed by atoms with Crippen molar-refractivity contribution >= 4 is 47.4 Å². The van der Waals surface area contributed by atoms with Crippen molar-refractivity contribution in [2.75, 3.05) is 13.1 Å². The lowest BCUT2D eigenvalue weighted by Crippen LogP contribution is -2.59. The molecular weight excluding hydrogens is 669 g/mol. The Balaban J connectivity index is 3.17. The van der Waals surface area contributed by atoms with Gasteiger partial charge in [-0.15, -0.1) is 0 Å². The minimum absolute atomic E-state index is 0.0559. The van der Waals surface area contributed by atoms with E-state index in [1.807, 2.05) is 0 Å². The Morgan fingerprint density at radius 1 is 0.667 bits per heavy atom. The number of rotatable bonds is 23. The van der Waals surface area contributed by atoms with E-state index in [9.17, 15) is 33.2 Å². The van der Waals surface area contributed by atoms with Crippen molar-refractivity contribution < 1.29 is 33.2 Å². The largest absolute Gasteiger partial charge is 0.370 e. The van der Waals surface area contributed by atoms with E-state index in [4.69, 9.17) is 40.1 Å². The van der Waals surface area contributed by atoms with Crippen LogP contribution in [0, 0.1) is 11.7 Å². The van der Waals surface area contributed by atoms with Gasteiger partial charge in [0.05, 0.1) is 12.5 Å². The molecule has 6 amide bonds. The van der Waals surface area contributed by atoms with Crippen LogP contribution in [0.1, 0.15) is 57.9 Å². The Hall–Kier alpha value is -5.53. The highest BCUT2D eigenvalue weighted by atomic mass is 19.1. The van der Waals surface area contributed by atoms with Gasteiger partial charge in [-0.1, -0.05) is 26.0 Å². The third kappa shape index (κ3) is 18.2. The minimum atomic E-state index is -1.57. The zero-order chi connectivity index (χ0) is 38.7. The molecule has 0 aromatic heterocycles. The van der Waals surface area contributed by atoms with Crippen LogP contribution in [-0.2, 0) is 35.2 Å². The summed E-state index contributed by atoms with van der Waals surface area (Å²) < 4.78 is 13.3. The van der Waals surface area contributed by atoms with E-state index < -0.39 is 77.9 Å². The van der Waals surface area contributed by atoms with Gasteiger partial charge in [-0.2, -0.15) is 0 Å². The van der Waals surface area contributed by atoms with Gasteiger partial charge in [0.1, 0.15) is 30.0 Å². The molecule has 0 heterocycles. The highest BCUT2D eigenvalue weighted by Crippen LogP contribution is 2.10. The molecule has 0 radical (unpaired) electrons. The predicted molar refractivity (Wildman–Crippen MR) is 188 cm³/mol. The number of amides is 6. The summed E-state index contributed by atoms with van der Waals surface area (Å²) in [6.07, 6.45) is 0.213. The number of hydrogen-bond donors (Lipinski definition) is 11. The Morgan fingerprint density at radius 2 is 1.14 bits per heavy atom. The highest BCUT2D eigenvalue weighted by molar-refractivity contribution is 5.97. The number of benzene rings is 1. The zero-order valence-corrected chi connectivity index (χ0v) is 28.9. The van der Waals surface area contributed by atoms with Crippen LogP contribution in [0.2, 0.25) is 0 Å². The molecular formula is C31H52FN13O6. The normalized spacial score (nSPS) is 13.7. The number of aliphatic imine (C=N–C) groups is 2. The lowest BCUT2D eigenvalue weighted by Gasteiger charge is -2.27. The Kier molecular flexibility index (Phi) is 19.0. The van der Waals surface area contributed by atoms with Crippen LogP contribution in [0.15, 0.2) is 34.3 Å². The maximum atomic E-state index is 13.6. The van der Waals surface area contributed by atoms with Gasteiger partial charge in [0.2, 0.25) is 35.4 Å². The summed E-state index contributed by atoms with van der Waals surface area (Å²) in [7, 11) is 0. The number of guanidine groups is 2. The van der Waals surface area contributed by atoms with E-state index in [0.717, 1.165) is 0 Å². The van der Waals surface area contributed by atoms with E-state index in [2.05, 4.69) is 31.3 Å². The quantitative estimate of drug-likeness (QED) is 0.0295. The van der Waals surface area contributed by atoms with Gasteiger partial charge in [-0.25, -0.2) is 4.39 Å². The number of nitrogens with two attached hydrogens (primary N) is 7. The van der Waals surface area contributed by atoms with Gasteiger partial charge in [-0.05, 0) is 55.7 Å². The number of hydrogen-bond acceptors (Lipinski definition) is 9. The van der Waals surface area contributed by atoms with E-state index in [1.54, 1.807) is 13.8 Å². The summed E-state index contributed by atoms with van der Waals surface area (Å²) in [6, 6.07) is -1.16. The summed E-state index contributed by atoms with van der Waals surface area (Å²) in [5, 5.41) is 10.0. The number of nitrogens with zero attached hydrogens (tertiary/aromatic N) is 2. The molecule has 0 aliphatic heterocycles. The number of carbonyl (C=O) groups is 6. The second-order valence-electron chi connectivity index (χ2n) is 12.3. The first-order chi connectivity index (χ1) is 23.9. The third-order valence-corrected chi connectivity index (χ3v) is 7.27. The average Bonchev–Trinajstić information content (AvgIpc) is 3.03. The van der Waals surface area contributed by atoms with Crippen LogP contribution in [0.5, 0.6) is 0 Å². The fourth-order valence-corrected chi connectivity index (χ4v) is 4.71. The van der Waals surface area contributed by atoms with Crippen molar-refractivity contribution in [3.05, 3.63) is 35.6 Å². The molecule has 284 valence electrons. The molecule has 1 rings (SSSR count). The van der Waals surface area contributed by atoms with Crippen LogP contribution in [0.3, 0.4) is 0 Å².